The third-order valence-electron chi connectivity index (χ3n) is 20.8. The summed E-state index contributed by atoms with van der Waals surface area (Å²) in [6.07, 6.45) is -28.2. The highest BCUT2D eigenvalue weighted by atomic mass is 16.8. The summed E-state index contributed by atoms with van der Waals surface area (Å²) in [5, 5.41) is 173. The minimum atomic E-state index is -1.96. The Morgan fingerprint density at radius 2 is 1.04 bits per heavy atom. The van der Waals surface area contributed by atoms with Crippen LogP contribution in [0.1, 0.15) is 107 Å². The van der Waals surface area contributed by atoms with E-state index in [2.05, 4.69) is 47.6 Å². The fourth-order valence-electron chi connectivity index (χ4n) is 15.7. The van der Waals surface area contributed by atoms with Gasteiger partial charge in [0.1, 0.15) is 97.7 Å². The molecule has 0 bridgehead atoms. The van der Waals surface area contributed by atoms with E-state index in [9.17, 15) is 81.7 Å². The third kappa shape index (κ3) is 10.8. The molecular weight excluding hydrogens is 1030 g/mol. The topological polar surface area (TPSA) is 398 Å². The summed E-state index contributed by atoms with van der Waals surface area (Å²) >= 11 is 0. The molecule has 0 amide bonds. The first-order valence-electron chi connectivity index (χ1n) is 28.0. The lowest BCUT2D eigenvalue weighted by molar-refractivity contribution is -0.393. The Morgan fingerprint density at radius 3 is 1.53 bits per heavy atom. The highest BCUT2D eigenvalue weighted by Crippen LogP contribution is 2.75. The van der Waals surface area contributed by atoms with Crippen LogP contribution >= 0.6 is 0 Å². The first kappa shape index (κ1) is 62.8. The van der Waals surface area contributed by atoms with Crippen LogP contribution in [0.3, 0.4) is 0 Å². The lowest BCUT2D eigenvalue weighted by Gasteiger charge is -2.67. The maximum atomic E-state index is 12.7. The van der Waals surface area contributed by atoms with Crippen molar-refractivity contribution >= 4 is 0 Å². The maximum Gasteiger partial charge on any atom is 0.187 e. The molecule has 3 unspecified atom stereocenters. The smallest absolute Gasteiger partial charge is 0.187 e. The van der Waals surface area contributed by atoms with Crippen LogP contribution in [0.2, 0.25) is 0 Å². The van der Waals surface area contributed by atoms with Crippen molar-refractivity contribution in [2.24, 2.45) is 45.3 Å². The van der Waals surface area contributed by atoms with Crippen molar-refractivity contribution in [3.05, 3.63) is 11.6 Å². The van der Waals surface area contributed by atoms with Crippen LogP contribution in [0.15, 0.2) is 11.6 Å². The molecule has 452 valence electrons. The molecule has 0 spiro atoms. The Bertz CT molecular complexity index is 2020. The molecule has 78 heavy (non-hydrogen) atoms. The fourth-order valence-corrected chi connectivity index (χ4v) is 15.7. The number of rotatable bonds is 17. The van der Waals surface area contributed by atoms with Crippen molar-refractivity contribution in [1.29, 1.82) is 0 Å². The van der Waals surface area contributed by atoms with E-state index in [1.807, 2.05) is 0 Å². The molecule has 0 radical (unpaired) electrons. The summed E-state index contributed by atoms with van der Waals surface area (Å²) < 4.78 is 48.2. The van der Waals surface area contributed by atoms with Crippen molar-refractivity contribution in [3.8, 4) is 0 Å². The van der Waals surface area contributed by atoms with Crippen LogP contribution in [0.25, 0.3) is 0 Å². The van der Waals surface area contributed by atoms with Gasteiger partial charge in [0.05, 0.1) is 50.3 Å². The van der Waals surface area contributed by atoms with E-state index < -0.39 is 184 Å². The van der Waals surface area contributed by atoms with Crippen LogP contribution in [0.5, 0.6) is 0 Å². The molecule has 8 rings (SSSR count). The van der Waals surface area contributed by atoms with E-state index in [4.69, 9.17) is 37.9 Å². The highest BCUT2D eigenvalue weighted by molar-refractivity contribution is 5.32. The van der Waals surface area contributed by atoms with Crippen molar-refractivity contribution in [1.82, 2.24) is 0 Å². The average Bonchev–Trinajstić information content (AvgIpc) is 3.12. The number of ether oxygens (including phenoxy) is 8. The van der Waals surface area contributed by atoms with Gasteiger partial charge in [-0.3, -0.25) is 0 Å². The van der Waals surface area contributed by atoms with Crippen LogP contribution in [-0.2, 0) is 37.9 Å². The zero-order valence-electron chi connectivity index (χ0n) is 46.1. The summed E-state index contributed by atoms with van der Waals surface area (Å²) in [4.78, 5) is 0. The summed E-state index contributed by atoms with van der Waals surface area (Å²) in [6.45, 7) is 13.2. The van der Waals surface area contributed by atoms with Crippen molar-refractivity contribution in [2.75, 3.05) is 26.4 Å². The van der Waals surface area contributed by atoms with Gasteiger partial charge in [-0.1, -0.05) is 53.2 Å². The SMILES string of the molecule is C[C@H](CC[C@@H](O[C@@H]1O[C@H](CO)[C@@H](O[C@H]2O[C@H](CO)[C@@H](O)[C@H](O)[C@H]2O)[C@H](O)[C@H]1O[C@@H]1O[C@H](CO)[C@@H](O)[C@H](O)[C@H]1O)C(C)(C)O)C1CC[C@@]2(C)C3CC=C4C(CC[C@H](O[C@@H]5O[C@H](CO)[C@@H](O)[C@H](O)[C@H]5O)C4(C)C)[C@]3(C)[C@H](O)C[C@]12C. The largest absolute Gasteiger partial charge is 0.394 e. The number of aliphatic hydroxyl groups excluding tert-OH is 15. The Labute approximate surface area is 455 Å². The maximum absolute atomic E-state index is 12.7. The van der Waals surface area contributed by atoms with E-state index in [0.29, 0.717) is 32.1 Å². The van der Waals surface area contributed by atoms with Gasteiger partial charge < -0.3 is 120 Å². The van der Waals surface area contributed by atoms with Gasteiger partial charge in [-0.25, -0.2) is 0 Å². The van der Waals surface area contributed by atoms with E-state index in [1.165, 1.54) is 13.8 Å². The number of allylic oxidation sites excluding steroid dienone is 1. The fraction of sp³-hybridized carbons (Fsp3) is 0.963. The minimum Gasteiger partial charge on any atom is -0.394 e. The second kappa shape index (κ2) is 23.7. The highest BCUT2D eigenvalue weighted by Gasteiger charge is 2.70. The Hall–Kier alpha value is -1.22. The Balaban J connectivity index is 0.995. The average molecular weight is 1130 g/mol. The second-order valence-corrected chi connectivity index (χ2v) is 25.8. The molecular formula is C54H92O24. The van der Waals surface area contributed by atoms with Crippen molar-refractivity contribution in [3.63, 3.8) is 0 Å². The quantitative estimate of drug-likeness (QED) is 0.0637. The van der Waals surface area contributed by atoms with Crippen LogP contribution in [0.4, 0.5) is 0 Å². The monoisotopic (exact) mass is 1120 g/mol. The van der Waals surface area contributed by atoms with Crippen molar-refractivity contribution < 1.29 is 120 Å². The molecule has 16 N–H and O–H groups in total. The molecule has 8 aliphatic rings. The summed E-state index contributed by atoms with van der Waals surface area (Å²) in [7, 11) is 0. The molecule has 4 saturated heterocycles. The van der Waals surface area contributed by atoms with Gasteiger partial charge in [-0.05, 0) is 99.7 Å². The van der Waals surface area contributed by atoms with Gasteiger partial charge in [0.15, 0.2) is 25.2 Å². The first-order valence-corrected chi connectivity index (χ1v) is 28.0. The molecule has 24 heteroatoms. The predicted molar refractivity (Wildman–Crippen MR) is 268 cm³/mol. The standard InChI is InChI=1S/C54H92O24/c1-22(23-15-16-52(6)30-12-10-24-25(54(30,8)31(59)17-53(23,52)7)11-14-32(50(24,2)3)75-46-40(66)37(63)34(60)26(18-55)71-46)9-13-33(51(4,5)70)76-49-45(78-48-42(68)39(65)36(62)28(20-57)73-48)43(69)44(29(21-58)74-49)77-47-41(67)38(64)35(61)27(19-56)72-47/h10,22-23,25-49,55-70H,9,11-21H2,1-8H3/t22-,23?,25?,26-,27-,28-,29-,30?,31-,32+,33-,34-,35-,36-,37+,38+,39+,40-,41-,42-,43+,44-,45-,46+,47-,48+,49+,52+,53-,54+/m1/s1. The lowest BCUT2D eigenvalue weighted by Crippen LogP contribution is -2.67. The molecule has 0 aromatic rings. The summed E-state index contributed by atoms with van der Waals surface area (Å²) in [5.74, 6) is 0.223. The molecule has 0 aromatic heterocycles. The predicted octanol–water partition coefficient (Wildman–Crippen LogP) is -3.23. The van der Waals surface area contributed by atoms with Gasteiger partial charge >= 0.3 is 0 Å². The molecule has 3 saturated carbocycles. The van der Waals surface area contributed by atoms with E-state index in [1.54, 1.807) is 0 Å². The van der Waals surface area contributed by atoms with Gasteiger partial charge in [0.2, 0.25) is 0 Å². The molecule has 24 nitrogen and oxygen atoms in total. The van der Waals surface area contributed by atoms with E-state index in [-0.39, 0.29) is 40.9 Å². The van der Waals surface area contributed by atoms with Crippen molar-refractivity contribution in [2.45, 2.75) is 253 Å². The molecule has 7 fully saturated rings. The van der Waals surface area contributed by atoms with E-state index in [0.717, 1.165) is 18.4 Å². The first-order chi connectivity index (χ1) is 36.5. The van der Waals surface area contributed by atoms with Crippen LogP contribution in [-0.4, -0.2) is 255 Å². The van der Waals surface area contributed by atoms with Gasteiger partial charge in [0.25, 0.3) is 0 Å². The second-order valence-electron chi connectivity index (χ2n) is 25.8. The third-order valence-corrected chi connectivity index (χ3v) is 20.8. The van der Waals surface area contributed by atoms with Gasteiger partial charge in [-0.15, -0.1) is 0 Å². The van der Waals surface area contributed by atoms with Gasteiger partial charge in [-0.2, -0.15) is 0 Å². The Kier molecular flexibility index (Phi) is 19.1. The molecule has 30 atom stereocenters. The Morgan fingerprint density at radius 1 is 0.564 bits per heavy atom. The summed E-state index contributed by atoms with van der Waals surface area (Å²) in [6, 6.07) is 0. The van der Waals surface area contributed by atoms with Gasteiger partial charge in [0, 0.05) is 10.8 Å². The normalized spacial score (nSPS) is 51.4. The number of hydrogen-bond acceptors (Lipinski definition) is 24. The van der Waals surface area contributed by atoms with Crippen LogP contribution < -0.4 is 0 Å². The number of hydrogen-bond donors (Lipinski definition) is 16. The van der Waals surface area contributed by atoms with E-state index >= 15 is 0 Å². The molecule has 4 aliphatic heterocycles. The lowest BCUT2D eigenvalue weighted by atomic mass is 9.38. The minimum absolute atomic E-state index is 0.00555. The van der Waals surface area contributed by atoms with Crippen LogP contribution in [0, 0.1) is 45.3 Å². The zero-order valence-corrected chi connectivity index (χ0v) is 46.1. The number of aliphatic hydroxyl groups is 16. The molecule has 0 aromatic carbocycles. The number of fused-ring (bicyclic) bond motifs is 5. The summed E-state index contributed by atoms with van der Waals surface area (Å²) in [5.41, 5.74) is -2.07. The molecule has 4 aliphatic carbocycles. The molecule has 4 heterocycles. The zero-order chi connectivity index (χ0) is 57.5.